The molecule has 3 rings (SSSR count). The Bertz CT molecular complexity index is 817. The molecule has 0 saturated heterocycles. The molecule has 8 heteroatoms. The predicted molar refractivity (Wildman–Crippen MR) is 118 cm³/mol. The van der Waals surface area contributed by atoms with Crippen molar-refractivity contribution in [3.8, 4) is 11.5 Å². The summed E-state index contributed by atoms with van der Waals surface area (Å²) >= 11 is 0. The summed E-state index contributed by atoms with van der Waals surface area (Å²) in [5.41, 5.74) is 1.91. The van der Waals surface area contributed by atoms with Gasteiger partial charge in [0.25, 0.3) is 0 Å². The van der Waals surface area contributed by atoms with Crippen LogP contribution in [0.3, 0.4) is 0 Å². The number of anilines is 1. The number of rotatable bonds is 5. The number of fused-ring (bicyclic) bond motifs is 1. The van der Waals surface area contributed by atoms with Crippen LogP contribution in [-0.2, 0) is 13.2 Å². The van der Waals surface area contributed by atoms with E-state index in [1.807, 2.05) is 25.1 Å². The molecule has 152 valence electrons. The van der Waals surface area contributed by atoms with E-state index in [2.05, 4.69) is 15.6 Å². The van der Waals surface area contributed by atoms with Crippen LogP contribution in [0.4, 0.5) is 10.1 Å². The molecule has 2 aromatic carbocycles. The fourth-order valence-electron chi connectivity index (χ4n) is 2.70. The molecule has 0 fully saturated rings. The third kappa shape index (κ3) is 5.96. The van der Waals surface area contributed by atoms with E-state index in [4.69, 9.17) is 9.47 Å². The average Bonchev–Trinajstić information content (AvgIpc) is 2.92. The number of guanidine groups is 1. The van der Waals surface area contributed by atoms with E-state index >= 15 is 0 Å². The van der Waals surface area contributed by atoms with Gasteiger partial charge in [0.05, 0.1) is 26.4 Å². The Morgan fingerprint density at radius 3 is 2.68 bits per heavy atom. The van der Waals surface area contributed by atoms with Gasteiger partial charge in [0, 0.05) is 30.3 Å². The van der Waals surface area contributed by atoms with Crippen LogP contribution in [0.2, 0.25) is 0 Å². The van der Waals surface area contributed by atoms with Crippen LogP contribution < -0.4 is 20.1 Å². The second-order valence-electron chi connectivity index (χ2n) is 6.12. The number of ether oxygens (including phenoxy) is 2. The summed E-state index contributed by atoms with van der Waals surface area (Å²) in [5, 5.41) is 15.6. The van der Waals surface area contributed by atoms with E-state index in [9.17, 15) is 9.50 Å². The van der Waals surface area contributed by atoms with Crippen molar-refractivity contribution in [3.63, 3.8) is 0 Å². The van der Waals surface area contributed by atoms with Crippen molar-refractivity contribution in [3.05, 3.63) is 53.3 Å². The molecule has 1 aliphatic heterocycles. The summed E-state index contributed by atoms with van der Waals surface area (Å²) in [7, 11) is 0. The molecule has 28 heavy (non-hydrogen) atoms. The van der Waals surface area contributed by atoms with Crippen LogP contribution in [-0.4, -0.2) is 30.8 Å². The zero-order valence-electron chi connectivity index (χ0n) is 15.7. The number of hydrogen-bond acceptors (Lipinski definition) is 4. The smallest absolute Gasteiger partial charge is 0.196 e. The fraction of sp³-hybridized carbons (Fsp3) is 0.350. The Balaban J connectivity index is 0.00000280. The molecule has 1 heterocycles. The molecule has 0 spiro atoms. The first kappa shape index (κ1) is 22.2. The van der Waals surface area contributed by atoms with Crippen LogP contribution in [0.25, 0.3) is 0 Å². The highest BCUT2D eigenvalue weighted by Crippen LogP contribution is 2.32. The number of nitrogens with zero attached hydrogens (tertiary/aromatic N) is 1. The molecular formula is C20H25FIN3O3. The summed E-state index contributed by atoms with van der Waals surface area (Å²) in [6.07, 6.45) is 0.856. The predicted octanol–water partition coefficient (Wildman–Crippen LogP) is 3.67. The number of nitrogens with one attached hydrogen (secondary N) is 2. The molecule has 0 atom stereocenters. The first-order valence-corrected chi connectivity index (χ1v) is 9.02. The lowest BCUT2D eigenvalue weighted by Crippen LogP contribution is -2.30. The summed E-state index contributed by atoms with van der Waals surface area (Å²) in [5.74, 6) is 1.63. The highest BCUT2D eigenvalue weighted by atomic mass is 127. The Morgan fingerprint density at radius 1 is 1.14 bits per heavy atom. The largest absolute Gasteiger partial charge is 0.490 e. The molecule has 0 radical (unpaired) electrons. The molecule has 0 amide bonds. The molecule has 0 aliphatic carbocycles. The molecule has 6 nitrogen and oxygen atoms in total. The zero-order chi connectivity index (χ0) is 19.1. The second kappa shape index (κ2) is 11.1. The van der Waals surface area contributed by atoms with Crippen molar-refractivity contribution in [1.29, 1.82) is 0 Å². The van der Waals surface area contributed by atoms with Crippen molar-refractivity contribution in [2.45, 2.75) is 26.5 Å². The topological polar surface area (TPSA) is 75.1 Å². The number of halogens is 2. The third-order valence-electron chi connectivity index (χ3n) is 4.05. The number of aliphatic imine (C=N–C) groups is 1. The third-order valence-corrected chi connectivity index (χ3v) is 4.05. The fourth-order valence-corrected chi connectivity index (χ4v) is 2.70. The van der Waals surface area contributed by atoms with Gasteiger partial charge in [-0.3, -0.25) is 0 Å². The maximum Gasteiger partial charge on any atom is 0.196 e. The zero-order valence-corrected chi connectivity index (χ0v) is 18.0. The van der Waals surface area contributed by atoms with Crippen molar-refractivity contribution in [2.24, 2.45) is 4.99 Å². The van der Waals surface area contributed by atoms with Crippen molar-refractivity contribution in [2.75, 3.05) is 25.1 Å². The number of aliphatic hydroxyl groups excluding tert-OH is 1. The molecule has 0 bridgehead atoms. The molecule has 1 aliphatic rings. The lowest BCUT2D eigenvalue weighted by molar-refractivity contribution is 0.275. The van der Waals surface area contributed by atoms with Crippen LogP contribution in [0.15, 0.2) is 41.4 Å². The highest BCUT2D eigenvalue weighted by molar-refractivity contribution is 14.0. The number of benzene rings is 2. The van der Waals surface area contributed by atoms with E-state index in [0.717, 1.165) is 23.4 Å². The van der Waals surface area contributed by atoms with Crippen LogP contribution in [0.5, 0.6) is 11.5 Å². The molecule has 3 N–H and O–H groups in total. The standard InChI is InChI=1S/C20H24FN3O3.HI/c1-2-22-20(23-12-14-4-6-17(21)15(10-14)13-25)24-16-5-7-18-19(11-16)27-9-3-8-26-18;/h4-7,10-11,25H,2-3,8-9,12-13H2,1H3,(H2,22,23,24);1H. The minimum Gasteiger partial charge on any atom is -0.490 e. The van der Waals surface area contributed by atoms with Crippen LogP contribution in [0.1, 0.15) is 24.5 Å². The van der Waals surface area contributed by atoms with Crippen molar-refractivity contribution < 1.29 is 19.0 Å². The van der Waals surface area contributed by atoms with E-state index in [1.54, 1.807) is 12.1 Å². The van der Waals surface area contributed by atoms with Gasteiger partial charge in [-0.2, -0.15) is 0 Å². The summed E-state index contributed by atoms with van der Waals surface area (Å²) in [6.45, 7) is 3.97. The Hall–Kier alpha value is -2.07. The molecule has 0 unspecified atom stereocenters. The first-order chi connectivity index (χ1) is 13.2. The molecule has 0 saturated carbocycles. The minimum atomic E-state index is -0.414. The SMILES string of the molecule is CCNC(=NCc1ccc(F)c(CO)c1)Nc1ccc2c(c1)OCCCO2.I. The average molecular weight is 501 g/mol. The van der Waals surface area contributed by atoms with Gasteiger partial charge >= 0.3 is 0 Å². The Morgan fingerprint density at radius 2 is 1.93 bits per heavy atom. The van der Waals surface area contributed by atoms with Gasteiger partial charge in [0.2, 0.25) is 0 Å². The van der Waals surface area contributed by atoms with Crippen molar-refractivity contribution >= 4 is 35.6 Å². The van der Waals surface area contributed by atoms with Gasteiger partial charge in [-0.15, -0.1) is 24.0 Å². The number of aliphatic hydroxyl groups is 1. The van der Waals surface area contributed by atoms with Gasteiger partial charge in [-0.1, -0.05) is 6.07 Å². The normalized spacial score (nSPS) is 13.3. The van der Waals surface area contributed by atoms with Gasteiger partial charge in [0.15, 0.2) is 17.5 Å². The second-order valence-corrected chi connectivity index (χ2v) is 6.12. The summed E-state index contributed by atoms with van der Waals surface area (Å²) < 4.78 is 24.9. The summed E-state index contributed by atoms with van der Waals surface area (Å²) in [4.78, 5) is 4.53. The lowest BCUT2D eigenvalue weighted by Gasteiger charge is -2.14. The number of hydrogen-bond donors (Lipinski definition) is 3. The Labute approximate surface area is 181 Å². The van der Waals surface area contributed by atoms with E-state index < -0.39 is 5.82 Å². The monoisotopic (exact) mass is 501 g/mol. The molecule has 2 aromatic rings. The van der Waals surface area contributed by atoms with E-state index in [-0.39, 0.29) is 36.1 Å². The van der Waals surface area contributed by atoms with Gasteiger partial charge in [-0.05, 0) is 36.8 Å². The van der Waals surface area contributed by atoms with Crippen LogP contribution in [0, 0.1) is 5.82 Å². The van der Waals surface area contributed by atoms with Crippen molar-refractivity contribution in [1.82, 2.24) is 5.32 Å². The quantitative estimate of drug-likeness (QED) is 0.331. The molecule has 0 aromatic heterocycles. The highest BCUT2D eigenvalue weighted by Gasteiger charge is 2.11. The minimum absolute atomic E-state index is 0. The maximum atomic E-state index is 13.5. The Kier molecular flexibility index (Phi) is 8.78. The van der Waals surface area contributed by atoms with Gasteiger partial charge < -0.3 is 25.2 Å². The molecular weight excluding hydrogens is 476 g/mol. The van der Waals surface area contributed by atoms with Gasteiger partial charge in [-0.25, -0.2) is 9.38 Å². The first-order valence-electron chi connectivity index (χ1n) is 9.02. The van der Waals surface area contributed by atoms with Crippen LogP contribution >= 0.6 is 24.0 Å². The van der Waals surface area contributed by atoms with E-state index in [0.29, 0.717) is 38.0 Å². The maximum absolute atomic E-state index is 13.5. The lowest BCUT2D eigenvalue weighted by atomic mass is 10.1. The van der Waals surface area contributed by atoms with Gasteiger partial charge in [0.1, 0.15) is 5.82 Å². The van der Waals surface area contributed by atoms with E-state index in [1.165, 1.54) is 6.07 Å². The summed E-state index contributed by atoms with van der Waals surface area (Å²) in [6, 6.07) is 10.3.